The van der Waals surface area contributed by atoms with Crippen molar-refractivity contribution in [1.82, 2.24) is 9.88 Å². The van der Waals surface area contributed by atoms with Gasteiger partial charge in [0.05, 0.1) is 33.4 Å². The summed E-state index contributed by atoms with van der Waals surface area (Å²) in [6.45, 7) is 6.07. The van der Waals surface area contributed by atoms with Crippen LogP contribution in [-0.2, 0) is 0 Å². The molecule has 0 aliphatic rings. The summed E-state index contributed by atoms with van der Waals surface area (Å²) in [7, 11) is 6.60. The van der Waals surface area contributed by atoms with Crippen molar-refractivity contribution in [3.8, 4) is 11.3 Å². The van der Waals surface area contributed by atoms with E-state index in [4.69, 9.17) is 16.6 Å². The van der Waals surface area contributed by atoms with E-state index < -0.39 is 0 Å². The highest BCUT2D eigenvalue weighted by Gasteiger charge is 2.23. The number of amides is 1. The van der Waals surface area contributed by atoms with Crippen LogP contribution in [0.25, 0.3) is 22.0 Å². The number of halogens is 1. The SMILES string of the molecule is CCC(C)N(CCCC[N+](C)(C)C)C(=O)c1cc2ccccc2c(-c2ccccc2Cl)n1. The topological polar surface area (TPSA) is 33.2 Å². The number of nitrogens with zero attached hydrogens (tertiary/aromatic N) is 3. The number of quaternary nitrogens is 1. The number of hydrogen-bond acceptors (Lipinski definition) is 2. The molecule has 0 bridgehead atoms. The van der Waals surface area contributed by atoms with Gasteiger partial charge in [0.2, 0.25) is 0 Å². The van der Waals surface area contributed by atoms with Gasteiger partial charge in [-0.2, -0.15) is 0 Å². The summed E-state index contributed by atoms with van der Waals surface area (Å²) in [5, 5.41) is 2.62. The Bertz CT molecular complexity index is 1070. The third-order valence-corrected chi connectivity index (χ3v) is 6.28. The van der Waals surface area contributed by atoms with Gasteiger partial charge < -0.3 is 9.38 Å². The maximum Gasteiger partial charge on any atom is 0.272 e. The van der Waals surface area contributed by atoms with E-state index in [-0.39, 0.29) is 11.9 Å². The summed E-state index contributed by atoms with van der Waals surface area (Å²) in [6.07, 6.45) is 2.97. The molecule has 5 heteroatoms. The maximum absolute atomic E-state index is 13.7. The summed E-state index contributed by atoms with van der Waals surface area (Å²) in [5.74, 6) is -0.0105. The number of aromatic nitrogens is 1. The Kier molecular flexibility index (Phi) is 7.91. The molecule has 0 saturated heterocycles. The zero-order chi connectivity index (χ0) is 23.3. The van der Waals surface area contributed by atoms with Crippen LogP contribution in [0.5, 0.6) is 0 Å². The number of benzene rings is 2. The van der Waals surface area contributed by atoms with Crippen LogP contribution in [0.15, 0.2) is 54.6 Å². The molecule has 1 unspecified atom stereocenters. The molecule has 1 atom stereocenters. The van der Waals surface area contributed by atoms with Crippen LogP contribution in [0, 0.1) is 0 Å². The van der Waals surface area contributed by atoms with Crippen molar-refractivity contribution in [3.05, 3.63) is 65.3 Å². The highest BCUT2D eigenvalue weighted by atomic mass is 35.5. The van der Waals surface area contributed by atoms with E-state index >= 15 is 0 Å². The standard InChI is InChI=1S/C27H35ClN3O/c1-6-20(2)30(17-11-12-18-31(3,4)5)27(32)25-19-21-13-7-8-14-22(21)26(29-25)23-15-9-10-16-24(23)28/h7-10,13-16,19-20H,6,11-12,17-18H2,1-5H3/q+1. The predicted octanol–water partition coefficient (Wildman–Crippen LogP) is 6.28. The number of carbonyl (C=O) groups excluding carboxylic acids is 1. The van der Waals surface area contributed by atoms with E-state index in [1.165, 1.54) is 0 Å². The van der Waals surface area contributed by atoms with Crippen LogP contribution < -0.4 is 0 Å². The molecule has 0 radical (unpaired) electrons. The van der Waals surface area contributed by atoms with Crippen molar-refractivity contribution in [1.29, 1.82) is 0 Å². The van der Waals surface area contributed by atoms with Gasteiger partial charge in [0.15, 0.2) is 0 Å². The molecular formula is C27H35ClN3O+. The fourth-order valence-electron chi connectivity index (χ4n) is 3.92. The number of rotatable bonds is 9. The smallest absolute Gasteiger partial charge is 0.272 e. The molecular weight excluding hydrogens is 418 g/mol. The normalized spacial score (nSPS) is 12.7. The molecule has 0 N–H and O–H groups in total. The van der Waals surface area contributed by atoms with Crippen molar-refractivity contribution in [2.75, 3.05) is 34.2 Å². The van der Waals surface area contributed by atoms with E-state index in [9.17, 15) is 4.79 Å². The summed E-state index contributed by atoms with van der Waals surface area (Å²) in [5.41, 5.74) is 2.08. The van der Waals surface area contributed by atoms with E-state index in [1.807, 2.05) is 59.5 Å². The summed E-state index contributed by atoms with van der Waals surface area (Å²) in [4.78, 5) is 20.5. The van der Waals surface area contributed by atoms with Crippen molar-refractivity contribution >= 4 is 28.3 Å². The van der Waals surface area contributed by atoms with Gasteiger partial charge in [0.25, 0.3) is 5.91 Å². The maximum atomic E-state index is 13.7. The van der Waals surface area contributed by atoms with Gasteiger partial charge in [-0.1, -0.05) is 61.0 Å². The lowest BCUT2D eigenvalue weighted by Crippen LogP contribution is -2.40. The fourth-order valence-corrected chi connectivity index (χ4v) is 4.15. The minimum Gasteiger partial charge on any atom is -0.335 e. The lowest BCUT2D eigenvalue weighted by atomic mass is 10.0. The highest BCUT2D eigenvalue weighted by Crippen LogP contribution is 2.32. The summed E-state index contributed by atoms with van der Waals surface area (Å²) in [6, 6.07) is 17.8. The number of pyridine rings is 1. The Morgan fingerprint density at radius 3 is 2.44 bits per heavy atom. The second kappa shape index (κ2) is 10.5. The second-order valence-electron chi connectivity index (χ2n) is 9.53. The Labute approximate surface area is 197 Å². The quantitative estimate of drug-likeness (QED) is 0.282. The minimum absolute atomic E-state index is 0.0105. The Morgan fingerprint density at radius 1 is 1.06 bits per heavy atom. The highest BCUT2D eigenvalue weighted by molar-refractivity contribution is 6.33. The summed E-state index contributed by atoms with van der Waals surface area (Å²) < 4.78 is 0.935. The predicted molar refractivity (Wildman–Crippen MR) is 135 cm³/mol. The molecule has 3 rings (SSSR count). The number of carbonyl (C=O) groups is 1. The molecule has 0 aliphatic heterocycles. The van der Waals surface area contributed by atoms with E-state index in [0.29, 0.717) is 10.7 Å². The minimum atomic E-state index is -0.0105. The van der Waals surface area contributed by atoms with Gasteiger partial charge in [-0.25, -0.2) is 4.98 Å². The monoisotopic (exact) mass is 452 g/mol. The van der Waals surface area contributed by atoms with Crippen molar-refractivity contribution < 1.29 is 9.28 Å². The van der Waals surface area contributed by atoms with Gasteiger partial charge in [-0.05, 0) is 43.7 Å². The molecule has 4 nitrogen and oxygen atoms in total. The zero-order valence-corrected chi connectivity index (χ0v) is 20.7. The molecule has 32 heavy (non-hydrogen) atoms. The van der Waals surface area contributed by atoms with Gasteiger partial charge in [0, 0.05) is 28.6 Å². The average molecular weight is 453 g/mol. The van der Waals surface area contributed by atoms with Crippen LogP contribution in [0.4, 0.5) is 0 Å². The molecule has 1 aromatic heterocycles. The first-order chi connectivity index (χ1) is 15.2. The van der Waals surface area contributed by atoms with Crippen molar-refractivity contribution in [3.63, 3.8) is 0 Å². The Balaban J connectivity index is 1.97. The third kappa shape index (κ3) is 5.87. The van der Waals surface area contributed by atoms with Crippen LogP contribution in [0.1, 0.15) is 43.6 Å². The van der Waals surface area contributed by atoms with Gasteiger partial charge in [0.1, 0.15) is 5.69 Å². The van der Waals surface area contributed by atoms with Crippen LogP contribution in [-0.4, -0.2) is 60.5 Å². The molecule has 3 aromatic rings. The first kappa shape index (κ1) is 24.2. The molecule has 1 heterocycles. The third-order valence-electron chi connectivity index (χ3n) is 5.95. The molecule has 0 spiro atoms. The van der Waals surface area contributed by atoms with Gasteiger partial charge in [-0.15, -0.1) is 0 Å². The zero-order valence-electron chi connectivity index (χ0n) is 19.9. The van der Waals surface area contributed by atoms with E-state index in [2.05, 4.69) is 35.0 Å². The van der Waals surface area contributed by atoms with Crippen molar-refractivity contribution in [2.45, 2.75) is 39.2 Å². The molecule has 0 saturated carbocycles. The molecule has 170 valence electrons. The molecule has 0 aliphatic carbocycles. The first-order valence-corrected chi connectivity index (χ1v) is 11.8. The number of fused-ring (bicyclic) bond motifs is 1. The number of hydrogen-bond donors (Lipinski definition) is 0. The molecule has 0 fully saturated rings. The van der Waals surface area contributed by atoms with Gasteiger partial charge >= 0.3 is 0 Å². The first-order valence-electron chi connectivity index (χ1n) is 11.5. The van der Waals surface area contributed by atoms with E-state index in [0.717, 1.165) is 58.9 Å². The molecule has 1 amide bonds. The van der Waals surface area contributed by atoms with E-state index in [1.54, 1.807) is 0 Å². The van der Waals surface area contributed by atoms with Crippen LogP contribution in [0.3, 0.4) is 0 Å². The Morgan fingerprint density at radius 2 is 1.75 bits per heavy atom. The largest absolute Gasteiger partial charge is 0.335 e. The lowest BCUT2D eigenvalue weighted by molar-refractivity contribution is -0.870. The Hall–Kier alpha value is -2.43. The average Bonchev–Trinajstić information content (AvgIpc) is 2.77. The number of unbranched alkanes of at least 4 members (excludes halogenated alkanes) is 1. The van der Waals surface area contributed by atoms with Crippen LogP contribution >= 0.6 is 11.6 Å². The summed E-state index contributed by atoms with van der Waals surface area (Å²) >= 11 is 6.51. The van der Waals surface area contributed by atoms with Crippen LogP contribution in [0.2, 0.25) is 5.02 Å². The van der Waals surface area contributed by atoms with Gasteiger partial charge in [-0.3, -0.25) is 4.79 Å². The molecule has 2 aromatic carbocycles. The second-order valence-corrected chi connectivity index (χ2v) is 9.94. The lowest BCUT2D eigenvalue weighted by Gasteiger charge is -2.29. The van der Waals surface area contributed by atoms with Crippen molar-refractivity contribution in [2.24, 2.45) is 0 Å². The fraction of sp³-hybridized carbons (Fsp3) is 0.407.